The lowest BCUT2D eigenvalue weighted by atomic mass is 10.1. The van der Waals surface area contributed by atoms with Gasteiger partial charge >= 0.3 is 5.69 Å². The van der Waals surface area contributed by atoms with Crippen molar-refractivity contribution >= 4 is 37.9 Å². The van der Waals surface area contributed by atoms with E-state index in [1.54, 1.807) is 17.9 Å². The predicted octanol–water partition coefficient (Wildman–Crippen LogP) is 3.39. The van der Waals surface area contributed by atoms with Crippen molar-refractivity contribution in [3.05, 3.63) is 39.4 Å². The van der Waals surface area contributed by atoms with Gasteiger partial charge in [0.2, 0.25) is 0 Å². The lowest BCUT2D eigenvalue weighted by molar-refractivity contribution is 0.106. The molecule has 3 aromatic rings. The smallest absolute Gasteiger partial charge is 0.329 e. The molecule has 5 nitrogen and oxygen atoms in total. The first-order valence-electron chi connectivity index (χ1n) is 7.78. The highest BCUT2D eigenvalue weighted by Crippen LogP contribution is 2.35. The van der Waals surface area contributed by atoms with E-state index in [-0.39, 0.29) is 17.8 Å². The average Bonchev–Trinajstić information content (AvgIpc) is 3.11. The molecule has 0 bridgehead atoms. The van der Waals surface area contributed by atoms with E-state index >= 15 is 0 Å². The Labute approximate surface area is 142 Å². The molecule has 2 atom stereocenters. The molecule has 1 aromatic carbocycles. The average molecular weight is 376 g/mol. The van der Waals surface area contributed by atoms with Gasteiger partial charge in [-0.1, -0.05) is 15.9 Å². The molecular formula is C17H18BrN3O2. The van der Waals surface area contributed by atoms with Gasteiger partial charge in [-0.05, 0) is 37.5 Å². The molecule has 1 saturated carbocycles. The molecule has 0 amide bonds. The SMILES string of the molecule is CO[C@H]1CC[C@H](n2c(=O)n(C)c3cnc4ccc(Br)cc4c32)C1. The first-order valence-corrected chi connectivity index (χ1v) is 8.57. The molecule has 0 unspecified atom stereocenters. The van der Waals surface area contributed by atoms with E-state index in [1.165, 1.54) is 0 Å². The van der Waals surface area contributed by atoms with Crippen molar-refractivity contribution < 1.29 is 4.74 Å². The van der Waals surface area contributed by atoms with Crippen LogP contribution in [0, 0.1) is 0 Å². The summed E-state index contributed by atoms with van der Waals surface area (Å²) in [6.07, 6.45) is 4.88. The maximum Gasteiger partial charge on any atom is 0.329 e. The van der Waals surface area contributed by atoms with E-state index in [0.29, 0.717) is 0 Å². The van der Waals surface area contributed by atoms with Gasteiger partial charge in [-0.3, -0.25) is 14.1 Å². The number of ether oxygens (including phenoxy) is 1. The Balaban J connectivity index is 2.04. The molecule has 0 radical (unpaired) electrons. The molecule has 0 N–H and O–H groups in total. The topological polar surface area (TPSA) is 49.0 Å². The van der Waals surface area contributed by atoms with E-state index in [1.807, 2.05) is 29.8 Å². The number of methoxy groups -OCH3 is 1. The molecule has 1 aliphatic rings. The number of hydrogen-bond acceptors (Lipinski definition) is 3. The van der Waals surface area contributed by atoms with Crippen LogP contribution >= 0.6 is 15.9 Å². The Bertz CT molecular complexity index is 960. The number of aryl methyl sites for hydroxylation is 1. The normalized spacial score (nSPS) is 21.5. The lowest BCUT2D eigenvalue weighted by Gasteiger charge is -2.13. The molecular weight excluding hydrogens is 358 g/mol. The van der Waals surface area contributed by atoms with Crippen LogP contribution in [0.2, 0.25) is 0 Å². The van der Waals surface area contributed by atoms with Gasteiger partial charge in [0.25, 0.3) is 0 Å². The molecule has 0 aliphatic heterocycles. The van der Waals surface area contributed by atoms with Crippen LogP contribution in [0.1, 0.15) is 25.3 Å². The third-order valence-electron chi connectivity index (χ3n) is 4.93. The van der Waals surface area contributed by atoms with Crippen molar-refractivity contribution in [2.45, 2.75) is 31.4 Å². The second kappa shape index (κ2) is 5.46. The summed E-state index contributed by atoms with van der Waals surface area (Å²) >= 11 is 3.53. The van der Waals surface area contributed by atoms with Crippen molar-refractivity contribution in [1.82, 2.24) is 14.1 Å². The molecule has 0 saturated heterocycles. The van der Waals surface area contributed by atoms with Gasteiger partial charge in [0.05, 0.1) is 28.9 Å². The third kappa shape index (κ3) is 2.23. The van der Waals surface area contributed by atoms with Crippen LogP contribution in [0.25, 0.3) is 21.9 Å². The number of pyridine rings is 1. The van der Waals surface area contributed by atoms with Crippen LogP contribution in [0.3, 0.4) is 0 Å². The zero-order valence-electron chi connectivity index (χ0n) is 13.1. The molecule has 2 aromatic heterocycles. The summed E-state index contributed by atoms with van der Waals surface area (Å²) in [7, 11) is 3.56. The van der Waals surface area contributed by atoms with Crippen LogP contribution in [-0.4, -0.2) is 27.3 Å². The van der Waals surface area contributed by atoms with E-state index in [4.69, 9.17) is 4.74 Å². The van der Waals surface area contributed by atoms with Gasteiger partial charge in [0, 0.05) is 30.1 Å². The number of nitrogens with zero attached hydrogens (tertiary/aromatic N) is 3. The Morgan fingerprint density at radius 2 is 2.17 bits per heavy atom. The van der Waals surface area contributed by atoms with E-state index in [0.717, 1.165) is 45.7 Å². The van der Waals surface area contributed by atoms with Gasteiger partial charge in [0.1, 0.15) is 0 Å². The molecule has 2 heterocycles. The quantitative estimate of drug-likeness (QED) is 0.689. The van der Waals surface area contributed by atoms with Crippen molar-refractivity contribution in [2.75, 3.05) is 7.11 Å². The number of rotatable bonds is 2. The summed E-state index contributed by atoms with van der Waals surface area (Å²) in [5, 5.41) is 1.01. The van der Waals surface area contributed by atoms with E-state index in [2.05, 4.69) is 20.9 Å². The Kier molecular flexibility index (Phi) is 3.54. The van der Waals surface area contributed by atoms with Crippen molar-refractivity contribution in [3.63, 3.8) is 0 Å². The maximum atomic E-state index is 12.8. The molecule has 1 fully saturated rings. The second-order valence-corrected chi connectivity index (χ2v) is 7.11. The minimum Gasteiger partial charge on any atom is -0.381 e. The van der Waals surface area contributed by atoms with Gasteiger partial charge in [-0.2, -0.15) is 0 Å². The van der Waals surface area contributed by atoms with E-state index in [9.17, 15) is 4.79 Å². The van der Waals surface area contributed by atoms with Crippen LogP contribution in [0.15, 0.2) is 33.7 Å². The zero-order chi connectivity index (χ0) is 16.1. The highest BCUT2D eigenvalue weighted by Gasteiger charge is 2.29. The summed E-state index contributed by atoms with van der Waals surface area (Å²) < 4.78 is 10.1. The first-order chi connectivity index (χ1) is 11.1. The molecule has 120 valence electrons. The van der Waals surface area contributed by atoms with Gasteiger partial charge in [-0.25, -0.2) is 4.79 Å². The fourth-order valence-corrected chi connectivity index (χ4v) is 4.07. The molecule has 23 heavy (non-hydrogen) atoms. The van der Waals surface area contributed by atoms with Crippen LogP contribution in [0.4, 0.5) is 0 Å². The monoisotopic (exact) mass is 375 g/mol. The van der Waals surface area contributed by atoms with Gasteiger partial charge in [-0.15, -0.1) is 0 Å². The number of fused-ring (bicyclic) bond motifs is 3. The van der Waals surface area contributed by atoms with Crippen molar-refractivity contribution in [3.8, 4) is 0 Å². The Hall–Kier alpha value is -1.66. The van der Waals surface area contributed by atoms with Crippen LogP contribution in [-0.2, 0) is 11.8 Å². The number of halogens is 1. The molecule has 1 aliphatic carbocycles. The van der Waals surface area contributed by atoms with Crippen molar-refractivity contribution in [1.29, 1.82) is 0 Å². The number of aromatic nitrogens is 3. The first kappa shape index (κ1) is 14.9. The summed E-state index contributed by atoms with van der Waals surface area (Å²) in [4.78, 5) is 17.3. The fourth-order valence-electron chi connectivity index (χ4n) is 3.70. The van der Waals surface area contributed by atoms with Crippen LogP contribution < -0.4 is 5.69 Å². The summed E-state index contributed by atoms with van der Waals surface area (Å²) in [6.45, 7) is 0. The van der Waals surface area contributed by atoms with Gasteiger partial charge < -0.3 is 4.74 Å². The summed E-state index contributed by atoms with van der Waals surface area (Å²) in [5.74, 6) is 0. The third-order valence-corrected chi connectivity index (χ3v) is 5.43. The van der Waals surface area contributed by atoms with Crippen molar-refractivity contribution in [2.24, 2.45) is 7.05 Å². The van der Waals surface area contributed by atoms with E-state index < -0.39 is 0 Å². The summed E-state index contributed by atoms with van der Waals surface area (Å²) in [5.41, 5.74) is 2.78. The minimum absolute atomic E-state index is 0.0241. The van der Waals surface area contributed by atoms with Crippen LogP contribution in [0.5, 0.6) is 0 Å². The Morgan fingerprint density at radius 1 is 1.35 bits per heavy atom. The number of imidazole rings is 1. The molecule has 0 spiro atoms. The second-order valence-electron chi connectivity index (χ2n) is 6.19. The lowest BCUT2D eigenvalue weighted by Crippen LogP contribution is -2.25. The standard InChI is InChI=1S/C17H18BrN3O2/c1-20-15-9-19-14-6-3-10(18)7-13(14)16(15)21(17(20)22)11-4-5-12(8-11)23-2/h3,6-7,9,11-12H,4-5,8H2,1-2H3/t11-,12-/m0/s1. The fraction of sp³-hybridized carbons (Fsp3) is 0.412. The predicted molar refractivity (Wildman–Crippen MR) is 93.9 cm³/mol. The minimum atomic E-state index is 0.0241. The number of benzene rings is 1. The largest absolute Gasteiger partial charge is 0.381 e. The number of hydrogen-bond donors (Lipinski definition) is 0. The molecule has 4 rings (SSSR count). The zero-order valence-corrected chi connectivity index (χ0v) is 14.7. The maximum absolute atomic E-state index is 12.8. The molecule has 6 heteroatoms. The highest BCUT2D eigenvalue weighted by atomic mass is 79.9. The summed E-state index contributed by atoms with van der Waals surface area (Å²) in [6, 6.07) is 6.18. The van der Waals surface area contributed by atoms with Gasteiger partial charge in [0.15, 0.2) is 0 Å². The Morgan fingerprint density at radius 3 is 2.91 bits per heavy atom. The highest BCUT2D eigenvalue weighted by molar-refractivity contribution is 9.10.